The third-order valence-corrected chi connectivity index (χ3v) is 8.10. The van der Waals surface area contributed by atoms with Gasteiger partial charge in [-0.25, -0.2) is 18.7 Å². The monoisotopic (exact) mass is 702 g/mol. The molecule has 0 aliphatic carbocycles. The number of ether oxygens (including phenoxy) is 3. The fourth-order valence-corrected chi connectivity index (χ4v) is 5.32. The number of benzene rings is 2. The molecule has 3 aromatic heterocycles. The maximum atomic E-state index is 15.4. The lowest BCUT2D eigenvalue weighted by Crippen LogP contribution is -2.33. The van der Waals surface area contributed by atoms with Gasteiger partial charge in [-0.3, -0.25) is 19.3 Å². The van der Waals surface area contributed by atoms with Crippen molar-refractivity contribution >= 4 is 34.2 Å². The first-order valence-electron chi connectivity index (χ1n) is 16.5. The molecule has 0 unspecified atom stereocenters. The molecule has 0 radical (unpaired) electrons. The molecule has 0 aliphatic rings. The van der Waals surface area contributed by atoms with Crippen molar-refractivity contribution in [1.29, 1.82) is 0 Å². The molecule has 15 heteroatoms. The molecule has 0 saturated heterocycles. The van der Waals surface area contributed by atoms with Crippen LogP contribution in [0.1, 0.15) is 38.2 Å². The van der Waals surface area contributed by atoms with E-state index in [0.29, 0.717) is 41.1 Å². The van der Waals surface area contributed by atoms with Gasteiger partial charge in [0.15, 0.2) is 17.4 Å². The Kier molecular flexibility index (Phi) is 12.5. The summed E-state index contributed by atoms with van der Waals surface area (Å²) < 4.78 is 48.3. The van der Waals surface area contributed by atoms with Crippen LogP contribution < -0.4 is 26.3 Å². The molecule has 5 N–H and O–H groups in total. The fourth-order valence-electron chi connectivity index (χ4n) is 5.32. The summed E-state index contributed by atoms with van der Waals surface area (Å²) in [6.45, 7) is 1.53. The van der Waals surface area contributed by atoms with Gasteiger partial charge in [0, 0.05) is 47.6 Å². The minimum Gasteiger partial charge on any atom is -0.491 e. The highest BCUT2D eigenvalue weighted by Gasteiger charge is 2.23. The van der Waals surface area contributed by atoms with Crippen LogP contribution >= 0.6 is 0 Å². The van der Waals surface area contributed by atoms with Crippen LogP contribution in [0.4, 0.5) is 20.3 Å². The zero-order chi connectivity index (χ0) is 36.3. The number of hydrogen-bond donors (Lipinski definition) is 3. The number of hydrogen-bond acceptors (Lipinski definition) is 12. The number of unbranched alkanes of at least 4 members (excludes halogenated alkanes) is 1. The number of esters is 1. The molecule has 2 aromatic carbocycles. The zero-order valence-electron chi connectivity index (χ0n) is 28.4. The van der Waals surface area contributed by atoms with Gasteiger partial charge in [-0.15, -0.1) is 0 Å². The number of anilines is 2. The van der Waals surface area contributed by atoms with Crippen molar-refractivity contribution in [3.05, 3.63) is 84.3 Å². The molecular formula is C36H40F2N8O5. The molecule has 0 saturated carbocycles. The fraction of sp³-hybridized carbons (Fsp3) is 0.333. The van der Waals surface area contributed by atoms with E-state index in [0.717, 1.165) is 30.7 Å². The number of aromatic nitrogens is 5. The number of nitrogens with zero attached hydrogens (tertiary/aromatic N) is 5. The van der Waals surface area contributed by atoms with Crippen LogP contribution in [0, 0.1) is 17.6 Å². The standard InChI is InChI=1S/C36H40F2N8O5/c1-22(17-31(47)29(40)8-5-6-12-39)36(48)51-16-15-50-24-18-27(37)26(28(38)19-24)21-46-30-9-4-3-7-25(30)33(45-46)35-42-20-32(49-2)34(44-35)43-23-10-13-41-14-11-23/h3-4,7,9-11,13-14,18-20,22,29H,5-6,8,12,15-17,21,39-40H2,1-2H3,(H,41,42,43,44)/t22-,29+/m1/s1. The number of fused-ring (bicyclic) bond motifs is 1. The third-order valence-electron chi connectivity index (χ3n) is 8.10. The van der Waals surface area contributed by atoms with Gasteiger partial charge >= 0.3 is 5.97 Å². The zero-order valence-corrected chi connectivity index (χ0v) is 28.4. The van der Waals surface area contributed by atoms with Gasteiger partial charge in [0.05, 0.1) is 37.3 Å². The van der Waals surface area contributed by atoms with Gasteiger partial charge in [0.2, 0.25) is 0 Å². The number of rotatable bonds is 18. The average Bonchev–Trinajstić information content (AvgIpc) is 3.50. The van der Waals surface area contributed by atoms with Crippen LogP contribution in [0.25, 0.3) is 22.4 Å². The number of nitrogens with two attached hydrogens (primary N) is 2. The van der Waals surface area contributed by atoms with E-state index in [4.69, 9.17) is 25.7 Å². The van der Waals surface area contributed by atoms with Crippen molar-refractivity contribution in [3.63, 3.8) is 0 Å². The second-order valence-electron chi connectivity index (χ2n) is 11.8. The first kappa shape index (κ1) is 36.7. The first-order chi connectivity index (χ1) is 24.7. The Bertz CT molecular complexity index is 1940. The molecule has 0 amide bonds. The molecule has 0 fully saturated rings. The topological polar surface area (TPSA) is 182 Å². The number of ketones is 1. The number of para-hydroxylation sites is 1. The molecule has 13 nitrogen and oxygen atoms in total. The van der Waals surface area contributed by atoms with Crippen LogP contribution in [0.5, 0.6) is 11.5 Å². The molecule has 0 spiro atoms. The van der Waals surface area contributed by atoms with Crippen LogP contribution in [0.3, 0.4) is 0 Å². The second-order valence-corrected chi connectivity index (χ2v) is 11.8. The minimum absolute atomic E-state index is 0.0495. The van der Waals surface area contributed by atoms with E-state index in [2.05, 4.69) is 25.4 Å². The summed E-state index contributed by atoms with van der Waals surface area (Å²) in [6.07, 6.45) is 6.75. The largest absolute Gasteiger partial charge is 0.491 e. The van der Waals surface area contributed by atoms with Gasteiger partial charge in [-0.2, -0.15) is 5.10 Å². The molecule has 2 atom stereocenters. The van der Waals surface area contributed by atoms with Gasteiger partial charge < -0.3 is 31.0 Å². The van der Waals surface area contributed by atoms with E-state index in [-0.39, 0.29) is 49.1 Å². The Balaban J connectivity index is 1.23. The lowest BCUT2D eigenvalue weighted by Gasteiger charge is -2.15. The van der Waals surface area contributed by atoms with Crippen LogP contribution in [0.2, 0.25) is 0 Å². The smallest absolute Gasteiger partial charge is 0.309 e. The second kappa shape index (κ2) is 17.4. The Morgan fingerprint density at radius 2 is 1.78 bits per heavy atom. The SMILES string of the molecule is COc1cnc(-c2nn(Cc3c(F)cc(OCCOC(=O)[C@H](C)CC(=O)[C@@H](N)CCCCN)cc3F)c3ccccc23)nc1Nc1ccncc1. The molecule has 5 rings (SSSR count). The Morgan fingerprint density at radius 3 is 2.51 bits per heavy atom. The van der Waals surface area contributed by atoms with Gasteiger partial charge in [0.1, 0.15) is 42.1 Å². The van der Waals surface area contributed by atoms with Gasteiger partial charge in [-0.05, 0) is 37.6 Å². The average molecular weight is 703 g/mol. The van der Waals surface area contributed by atoms with Crippen LogP contribution in [-0.2, 0) is 20.9 Å². The lowest BCUT2D eigenvalue weighted by atomic mass is 9.97. The molecule has 51 heavy (non-hydrogen) atoms. The highest BCUT2D eigenvalue weighted by atomic mass is 19.1. The van der Waals surface area contributed by atoms with E-state index < -0.39 is 29.6 Å². The number of nitrogens with one attached hydrogen (secondary N) is 1. The van der Waals surface area contributed by atoms with E-state index in [1.165, 1.54) is 18.0 Å². The minimum atomic E-state index is -0.845. The number of halogens is 2. The number of carbonyl (C=O) groups excluding carboxylic acids is 2. The maximum Gasteiger partial charge on any atom is 0.309 e. The summed E-state index contributed by atoms with van der Waals surface area (Å²) in [6, 6.07) is 12.2. The molecule has 0 aliphatic heterocycles. The number of carbonyl (C=O) groups is 2. The van der Waals surface area contributed by atoms with Crippen molar-refractivity contribution in [1.82, 2.24) is 24.7 Å². The summed E-state index contributed by atoms with van der Waals surface area (Å²) in [7, 11) is 1.51. The van der Waals surface area contributed by atoms with E-state index in [1.54, 1.807) is 43.6 Å². The summed E-state index contributed by atoms with van der Waals surface area (Å²) in [5.74, 6) is -2.22. The van der Waals surface area contributed by atoms with Crippen molar-refractivity contribution in [2.75, 3.05) is 32.2 Å². The lowest BCUT2D eigenvalue weighted by molar-refractivity contribution is -0.150. The molecule has 0 bridgehead atoms. The highest BCUT2D eigenvalue weighted by molar-refractivity contribution is 5.92. The summed E-state index contributed by atoms with van der Waals surface area (Å²) in [5.41, 5.74) is 12.9. The van der Waals surface area contributed by atoms with Crippen LogP contribution in [-0.4, -0.2) is 69.4 Å². The Labute approximate surface area is 293 Å². The Hall–Kier alpha value is -5.54. The van der Waals surface area contributed by atoms with E-state index >= 15 is 8.78 Å². The van der Waals surface area contributed by atoms with Gasteiger partial charge in [0.25, 0.3) is 0 Å². The van der Waals surface area contributed by atoms with E-state index in [9.17, 15) is 9.59 Å². The van der Waals surface area contributed by atoms with Crippen molar-refractivity contribution in [2.24, 2.45) is 17.4 Å². The van der Waals surface area contributed by atoms with Gasteiger partial charge in [-0.1, -0.05) is 31.5 Å². The molecular weight excluding hydrogens is 662 g/mol. The number of methoxy groups -OCH3 is 1. The number of Topliss-reactive ketones (excluding diaryl/α,β-unsaturated/α-hetero) is 1. The van der Waals surface area contributed by atoms with Crippen LogP contribution in [0.15, 0.2) is 67.1 Å². The van der Waals surface area contributed by atoms with Crippen molar-refractivity contribution < 1.29 is 32.6 Å². The highest BCUT2D eigenvalue weighted by Crippen LogP contribution is 2.31. The summed E-state index contributed by atoms with van der Waals surface area (Å²) in [5, 5.41) is 8.53. The van der Waals surface area contributed by atoms with E-state index in [1.807, 2.05) is 12.1 Å². The molecule has 268 valence electrons. The molecule has 5 aromatic rings. The summed E-state index contributed by atoms with van der Waals surface area (Å²) in [4.78, 5) is 37.8. The predicted octanol–water partition coefficient (Wildman–Crippen LogP) is 4.94. The van der Waals surface area contributed by atoms with Crippen molar-refractivity contribution in [2.45, 2.75) is 45.2 Å². The molecule has 3 heterocycles. The normalized spacial score (nSPS) is 12.4. The predicted molar refractivity (Wildman–Crippen MR) is 186 cm³/mol. The Morgan fingerprint density at radius 1 is 1.04 bits per heavy atom. The quantitative estimate of drug-likeness (QED) is 0.0828. The van der Waals surface area contributed by atoms with Crippen molar-refractivity contribution in [3.8, 4) is 23.0 Å². The third kappa shape index (κ3) is 9.38. The number of pyridine rings is 1. The summed E-state index contributed by atoms with van der Waals surface area (Å²) >= 11 is 0. The maximum absolute atomic E-state index is 15.4. The first-order valence-corrected chi connectivity index (χ1v) is 16.5.